The number of fused-ring (bicyclic) bond motifs is 2. The van der Waals surface area contributed by atoms with Crippen molar-refractivity contribution in [1.29, 1.82) is 0 Å². The third-order valence-corrected chi connectivity index (χ3v) is 5.51. The Hall–Kier alpha value is -2.44. The second kappa shape index (κ2) is 7.05. The molecule has 0 saturated heterocycles. The predicted octanol–water partition coefficient (Wildman–Crippen LogP) is 4.43. The van der Waals surface area contributed by atoms with Crippen LogP contribution in [-0.4, -0.2) is 32.4 Å². The number of anilines is 1. The molecule has 0 aliphatic rings. The molecule has 26 heavy (non-hydrogen) atoms. The number of aromatic nitrogens is 3. The highest BCUT2D eigenvalue weighted by Gasteiger charge is 2.14. The molecular weight excluding hydrogens is 344 g/mol. The lowest BCUT2D eigenvalue weighted by Gasteiger charge is -2.18. The number of aliphatic hydroxyl groups excluding tert-OH is 1. The summed E-state index contributed by atoms with van der Waals surface area (Å²) in [5.41, 5.74) is 1.79. The van der Waals surface area contributed by atoms with Gasteiger partial charge in [-0.25, -0.2) is 9.50 Å². The molecule has 0 fully saturated rings. The lowest BCUT2D eigenvalue weighted by molar-refractivity contribution is 0.259. The van der Waals surface area contributed by atoms with Gasteiger partial charge in [0.25, 0.3) is 0 Å². The topological polar surface area (TPSA) is 62.5 Å². The van der Waals surface area contributed by atoms with Crippen molar-refractivity contribution in [2.45, 2.75) is 26.3 Å². The Labute approximate surface area is 156 Å². The first-order chi connectivity index (χ1) is 12.6. The molecule has 3 heterocycles. The summed E-state index contributed by atoms with van der Waals surface area (Å²) in [5.74, 6) is 1.25. The van der Waals surface area contributed by atoms with Gasteiger partial charge in [0, 0.05) is 4.70 Å². The lowest BCUT2D eigenvalue weighted by Crippen LogP contribution is -2.26. The van der Waals surface area contributed by atoms with Crippen LogP contribution in [0.2, 0.25) is 0 Å². The SMILES string of the molecule is CC(C)C[C@H](CO)Nc1ccc2ncc(-c3cc4ccccc4s3)n2n1. The van der Waals surface area contributed by atoms with Crippen LogP contribution in [0.3, 0.4) is 0 Å². The van der Waals surface area contributed by atoms with E-state index in [1.165, 1.54) is 10.1 Å². The van der Waals surface area contributed by atoms with Crippen LogP contribution in [-0.2, 0) is 0 Å². The third kappa shape index (κ3) is 3.30. The van der Waals surface area contributed by atoms with E-state index >= 15 is 0 Å². The molecule has 0 spiro atoms. The molecule has 6 heteroatoms. The summed E-state index contributed by atoms with van der Waals surface area (Å²) in [5, 5.41) is 18.9. The summed E-state index contributed by atoms with van der Waals surface area (Å²) in [7, 11) is 0. The Morgan fingerprint density at radius 3 is 2.81 bits per heavy atom. The van der Waals surface area contributed by atoms with E-state index in [1.807, 2.05) is 22.8 Å². The molecule has 5 nitrogen and oxygen atoms in total. The number of nitrogens with zero attached hydrogens (tertiary/aromatic N) is 3. The lowest BCUT2D eigenvalue weighted by atomic mass is 10.0. The smallest absolute Gasteiger partial charge is 0.154 e. The quantitative estimate of drug-likeness (QED) is 0.530. The zero-order valence-electron chi connectivity index (χ0n) is 14.9. The monoisotopic (exact) mass is 366 g/mol. The van der Waals surface area contributed by atoms with Crippen molar-refractivity contribution in [3.63, 3.8) is 0 Å². The molecule has 134 valence electrons. The van der Waals surface area contributed by atoms with Crippen molar-refractivity contribution in [1.82, 2.24) is 14.6 Å². The molecule has 0 saturated carbocycles. The summed E-state index contributed by atoms with van der Waals surface area (Å²) in [6, 6.07) is 14.4. The number of rotatable bonds is 6. The molecular formula is C20H22N4OS. The maximum absolute atomic E-state index is 9.61. The third-order valence-electron chi connectivity index (χ3n) is 4.37. The number of benzene rings is 1. The average Bonchev–Trinajstić information content (AvgIpc) is 3.23. The van der Waals surface area contributed by atoms with Gasteiger partial charge in [-0.05, 0) is 42.0 Å². The van der Waals surface area contributed by atoms with E-state index in [0.717, 1.165) is 28.5 Å². The zero-order valence-corrected chi connectivity index (χ0v) is 15.7. The fraction of sp³-hybridized carbons (Fsp3) is 0.300. The molecule has 0 unspecified atom stereocenters. The van der Waals surface area contributed by atoms with Crippen molar-refractivity contribution < 1.29 is 5.11 Å². The first-order valence-electron chi connectivity index (χ1n) is 8.85. The van der Waals surface area contributed by atoms with Crippen molar-refractivity contribution in [2.75, 3.05) is 11.9 Å². The fourth-order valence-corrected chi connectivity index (χ4v) is 4.24. The molecule has 4 rings (SSSR count). The molecule has 0 amide bonds. The molecule has 0 radical (unpaired) electrons. The summed E-state index contributed by atoms with van der Waals surface area (Å²) < 4.78 is 3.13. The van der Waals surface area contributed by atoms with Gasteiger partial charge < -0.3 is 10.4 Å². The molecule has 4 aromatic rings. The van der Waals surface area contributed by atoms with E-state index in [-0.39, 0.29) is 12.6 Å². The highest BCUT2D eigenvalue weighted by atomic mass is 32.1. The van der Waals surface area contributed by atoms with E-state index in [9.17, 15) is 5.11 Å². The minimum Gasteiger partial charge on any atom is -0.394 e. The minimum atomic E-state index is -0.00347. The van der Waals surface area contributed by atoms with Crippen LogP contribution >= 0.6 is 11.3 Å². The standard InChI is InChI=1S/C20H22N4OS/c1-13(2)9-15(12-25)22-19-7-8-20-21-11-16(24(20)23-19)18-10-14-5-3-4-6-17(14)26-18/h3-8,10-11,13,15,25H,9,12H2,1-2H3,(H,22,23)/t15-/m1/s1. The van der Waals surface area contributed by atoms with Crippen molar-refractivity contribution >= 4 is 32.9 Å². The van der Waals surface area contributed by atoms with E-state index in [4.69, 9.17) is 5.10 Å². The van der Waals surface area contributed by atoms with Gasteiger partial charge in [0.1, 0.15) is 11.5 Å². The Bertz CT molecular complexity index is 1000. The molecule has 1 aromatic carbocycles. The molecule has 3 aromatic heterocycles. The first-order valence-corrected chi connectivity index (χ1v) is 9.67. The highest BCUT2D eigenvalue weighted by Crippen LogP contribution is 2.33. The van der Waals surface area contributed by atoms with Gasteiger partial charge in [-0.2, -0.15) is 0 Å². The largest absolute Gasteiger partial charge is 0.394 e. The van der Waals surface area contributed by atoms with Crippen molar-refractivity contribution in [3.8, 4) is 10.6 Å². The van der Waals surface area contributed by atoms with Gasteiger partial charge >= 0.3 is 0 Å². The number of aliphatic hydroxyl groups is 1. The van der Waals surface area contributed by atoms with Gasteiger partial charge in [-0.15, -0.1) is 16.4 Å². The Balaban J connectivity index is 1.70. The molecule has 0 aliphatic carbocycles. The second-order valence-electron chi connectivity index (χ2n) is 6.93. The van der Waals surface area contributed by atoms with Crippen LogP contribution in [0.25, 0.3) is 26.3 Å². The highest BCUT2D eigenvalue weighted by molar-refractivity contribution is 7.22. The summed E-state index contributed by atoms with van der Waals surface area (Å²) in [6.45, 7) is 4.39. The number of hydrogen-bond acceptors (Lipinski definition) is 5. The maximum atomic E-state index is 9.61. The Kier molecular flexibility index (Phi) is 4.61. The van der Waals surface area contributed by atoms with Gasteiger partial charge in [0.15, 0.2) is 5.65 Å². The predicted molar refractivity (Wildman–Crippen MR) is 108 cm³/mol. The molecule has 1 atom stereocenters. The van der Waals surface area contributed by atoms with Crippen LogP contribution in [0.15, 0.2) is 48.7 Å². The number of nitrogens with one attached hydrogen (secondary N) is 1. The van der Waals surface area contributed by atoms with Crippen molar-refractivity contribution in [2.24, 2.45) is 5.92 Å². The van der Waals surface area contributed by atoms with E-state index in [1.54, 1.807) is 11.3 Å². The summed E-state index contributed by atoms with van der Waals surface area (Å²) in [6.07, 6.45) is 2.76. The molecule has 0 bridgehead atoms. The normalized spacial score (nSPS) is 12.9. The molecule has 2 N–H and O–H groups in total. The fourth-order valence-electron chi connectivity index (χ4n) is 3.18. The Morgan fingerprint density at radius 2 is 2.04 bits per heavy atom. The van der Waals surface area contributed by atoms with Crippen LogP contribution in [0.1, 0.15) is 20.3 Å². The van der Waals surface area contributed by atoms with Crippen LogP contribution in [0.4, 0.5) is 5.82 Å². The van der Waals surface area contributed by atoms with Gasteiger partial charge in [-0.3, -0.25) is 0 Å². The van der Waals surface area contributed by atoms with Gasteiger partial charge in [-0.1, -0.05) is 32.0 Å². The van der Waals surface area contributed by atoms with E-state index < -0.39 is 0 Å². The maximum Gasteiger partial charge on any atom is 0.154 e. The van der Waals surface area contributed by atoms with E-state index in [2.05, 4.69) is 54.5 Å². The second-order valence-corrected chi connectivity index (χ2v) is 8.02. The number of hydrogen-bond donors (Lipinski definition) is 2. The Morgan fingerprint density at radius 1 is 1.19 bits per heavy atom. The molecule has 0 aliphatic heterocycles. The van der Waals surface area contributed by atoms with Crippen LogP contribution in [0, 0.1) is 5.92 Å². The first kappa shape index (κ1) is 17.0. The van der Waals surface area contributed by atoms with Gasteiger partial charge in [0.2, 0.25) is 0 Å². The zero-order chi connectivity index (χ0) is 18.1. The summed E-state index contributed by atoms with van der Waals surface area (Å²) in [4.78, 5) is 5.63. The number of imidazole rings is 1. The van der Waals surface area contributed by atoms with Crippen LogP contribution in [0.5, 0.6) is 0 Å². The van der Waals surface area contributed by atoms with Crippen molar-refractivity contribution in [3.05, 3.63) is 48.7 Å². The minimum absolute atomic E-state index is 0.00347. The summed E-state index contributed by atoms with van der Waals surface area (Å²) >= 11 is 1.74. The van der Waals surface area contributed by atoms with Crippen LogP contribution < -0.4 is 5.32 Å². The van der Waals surface area contributed by atoms with E-state index in [0.29, 0.717) is 5.92 Å². The number of thiophene rings is 1. The van der Waals surface area contributed by atoms with Gasteiger partial charge in [0.05, 0.1) is 23.7 Å². The average molecular weight is 366 g/mol.